The number of benzene rings is 1. The summed E-state index contributed by atoms with van der Waals surface area (Å²) in [7, 11) is 0. The first-order valence-corrected chi connectivity index (χ1v) is 3.88. The zero-order valence-corrected chi connectivity index (χ0v) is 7.55. The van der Waals surface area contributed by atoms with Crippen molar-refractivity contribution in [1.29, 1.82) is 0 Å². The van der Waals surface area contributed by atoms with Crippen LogP contribution in [0.3, 0.4) is 0 Å². The second kappa shape index (κ2) is 3.05. The molecule has 0 aromatic heterocycles. The van der Waals surface area contributed by atoms with Crippen LogP contribution in [-0.2, 0) is 0 Å². The topological polar surface area (TPSA) is 37.3 Å². The van der Waals surface area contributed by atoms with Gasteiger partial charge in [0.1, 0.15) is 12.0 Å². The Kier molecular flexibility index (Phi) is 2.29. The molecule has 1 rings (SSSR count). The number of aromatic hydroxyl groups is 1. The Balaban J connectivity index is 3.31. The molecule has 0 atom stereocenters. The number of hydrogen-bond donors (Lipinski definition) is 1. The highest BCUT2D eigenvalue weighted by Gasteiger charge is 2.02. The van der Waals surface area contributed by atoms with Gasteiger partial charge in [0, 0.05) is 5.56 Å². The van der Waals surface area contributed by atoms with E-state index in [9.17, 15) is 9.90 Å². The van der Waals surface area contributed by atoms with Crippen LogP contribution in [0.5, 0.6) is 5.75 Å². The van der Waals surface area contributed by atoms with E-state index in [-0.39, 0.29) is 5.75 Å². The van der Waals surface area contributed by atoms with Gasteiger partial charge in [-0.3, -0.25) is 4.79 Å². The number of aldehydes is 1. The molecule has 3 heteroatoms. The molecule has 0 saturated carbocycles. The highest BCUT2D eigenvalue weighted by molar-refractivity contribution is 9.10. The van der Waals surface area contributed by atoms with Crippen molar-refractivity contribution in [2.45, 2.75) is 6.92 Å². The zero-order valence-electron chi connectivity index (χ0n) is 5.97. The SMILES string of the molecule is Cc1cc(C=O)cc(Br)c1O. The number of phenolic OH excluding ortho intramolecular Hbond substituents is 1. The largest absolute Gasteiger partial charge is 0.506 e. The van der Waals surface area contributed by atoms with Crippen molar-refractivity contribution in [2.24, 2.45) is 0 Å². The number of hydrogen-bond acceptors (Lipinski definition) is 2. The summed E-state index contributed by atoms with van der Waals surface area (Å²) < 4.78 is 0.555. The molecule has 0 amide bonds. The molecule has 0 unspecified atom stereocenters. The quantitative estimate of drug-likeness (QED) is 0.729. The van der Waals surface area contributed by atoms with Crippen molar-refractivity contribution in [3.8, 4) is 5.75 Å². The number of rotatable bonds is 1. The fourth-order valence-corrected chi connectivity index (χ4v) is 1.41. The fraction of sp³-hybridized carbons (Fsp3) is 0.125. The van der Waals surface area contributed by atoms with Gasteiger partial charge in [0.05, 0.1) is 4.47 Å². The first-order valence-electron chi connectivity index (χ1n) is 3.09. The van der Waals surface area contributed by atoms with Gasteiger partial charge in [0.25, 0.3) is 0 Å². The molecule has 0 fully saturated rings. The van der Waals surface area contributed by atoms with Crippen molar-refractivity contribution in [1.82, 2.24) is 0 Å². The number of aryl methyl sites for hydroxylation is 1. The van der Waals surface area contributed by atoms with Crippen molar-refractivity contribution < 1.29 is 9.90 Å². The lowest BCUT2D eigenvalue weighted by molar-refractivity contribution is 0.112. The van der Waals surface area contributed by atoms with Crippen LogP contribution in [0.25, 0.3) is 0 Å². The van der Waals surface area contributed by atoms with Crippen LogP contribution in [0.15, 0.2) is 16.6 Å². The molecule has 0 aliphatic carbocycles. The van der Waals surface area contributed by atoms with Crippen molar-refractivity contribution >= 4 is 22.2 Å². The summed E-state index contributed by atoms with van der Waals surface area (Å²) in [6.45, 7) is 1.74. The predicted molar refractivity (Wildman–Crippen MR) is 45.9 cm³/mol. The molecule has 58 valence electrons. The van der Waals surface area contributed by atoms with Gasteiger partial charge in [0.15, 0.2) is 0 Å². The smallest absolute Gasteiger partial charge is 0.150 e. The third-order valence-corrected chi connectivity index (χ3v) is 2.02. The molecule has 1 aromatic carbocycles. The Morgan fingerprint density at radius 2 is 2.18 bits per heavy atom. The minimum Gasteiger partial charge on any atom is -0.506 e. The average Bonchev–Trinajstić information content (AvgIpc) is 1.99. The first-order chi connectivity index (χ1) is 5.15. The first kappa shape index (κ1) is 8.27. The summed E-state index contributed by atoms with van der Waals surface area (Å²) in [6, 6.07) is 3.21. The fourth-order valence-electron chi connectivity index (χ4n) is 0.831. The summed E-state index contributed by atoms with van der Waals surface area (Å²) in [4.78, 5) is 10.3. The minimum atomic E-state index is 0.190. The van der Waals surface area contributed by atoms with Crippen LogP contribution in [0.1, 0.15) is 15.9 Å². The number of carbonyl (C=O) groups is 1. The molecular weight excluding hydrogens is 208 g/mol. The summed E-state index contributed by atoms with van der Waals surface area (Å²) in [5.74, 6) is 0.190. The second-order valence-corrected chi connectivity index (χ2v) is 3.14. The Labute approximate surface area is 73.0 Å². The van der Waals surface area contributed by atoms with Crippen LogP contribution < -0.4 is 0 Å². The monoisotopic (exact) mass is 214 g/mol. The number of halogens is 1. The molecule has 0 heterocycles. The van der Waals surface area contributed by atoms with E-state index < -0.39 is 0 Å². The van der Waals surface area contributed by atoms with Crippen molar-refractivity contribution in [3.05, 3.63) is 27.7 Å². The zero-order chi connectivity index (χ0) is 8.43. The van der Waals surface area contributed by atoms with Gasteiger partial charge in [-0.05, 0) is 40.5 Å². The van der Waals surface area contributed by atoms with E-state index in [2.05, 4.69) is 15.9 Å². The Hall–Kier alpha value is -0.830. The van der Waals surface area contributed by atoms with Crippen LogP contribution >= 0.6 is 15.9 Å². The maximum atomic E-state index is 10.3. The molecule has 11 heavy (non-hydrogen) atoms. The summed E-state index contributed by atoms with van der Waals surface area (Å²) >= 11 is 3.13. The van der Waals surface area contributed by atoms with Crippen LogP contribution in [0, 0.1) is 6.92 Å². The van der Waals surface area contributed by atoms with Gasteiger partial charge in [-0.1, -0.05) is 0 Å². The van der Waals surface area contributed by atoms with E-state index in [0.29, 0.717) is 15.6 Å². The highest BCUT2D eigenvalue weighted by Crippen LogP contribution is 2.27. The molecule has 1 aromatic rings. The van der Waals surface area contributed by atoms with Crippen LogP contribution in [0.2, 0.25) is 0 Å². The lowest BCUT2D eigenvalue weighted by Crippen LogP contribution is -1.83. The minimum absolute atomic E-state index is 0.190. The number of carbonyl (C=O) groups excluding carboxylic acids is 1. The van der Waals surface area contributed by atoms with Gasteiger partial charge in [0.2, 0.25) is 0 Å². The van der Waals surface area contributed by atoms with Gasteiger partial charge < -0.3 is 5.11 Å². The van der Waals surface area contributed by atoms with E-state index in [4.69, 9.17) is 0 Å². The third-order valence-electron chi connectivity index (χ3n) is 1.41. The summed E-state index contributed by atoms with van der Waals surface area (Å²) in [5.41, 5.74) is 1.26. The predicted octanol–water partition coefficient (Wildman–Crippen LogP) is 2.28. The summed E-state index contributed by atoms with van der Waals surface area (Å²) in [5, 5.41) is 9.26. The molecule has 0 aliphatic rings. The molecular formula is C8H7BrO2. The molecule has 0 saturated heterocycles. The van der Waals surface area contributed by atoms with Gasteiger partial charge in [-0.15, -0.1) is 0 Å². The van der Waals surface area contributed by atoms with Crippen LogP contribution in [0.4, 0.5) is 0 Å². The van der Waals surface area contributed by atoms with Crippen molar-refractivity contribution in [2.75, 3.05) is 0 Å². The Morgan fingerprint density at radius 1 is 1.55 bits per heavy atom. The second-order valence-electron chi connectivity index (χ2n) is 2.29. The van der Waals surface area contributed by atoms with E-state index in [0.717, 1.165) is 6.29 Å². The molecule has 1 N–H and O–H groups in total. The Morgan fingerprint density at radius 3 is 2.64 bits per heavy atom. The van der Waals surface area contributed by atoms with Crippen LogP contribution in [-0.4, -0.2) is 11.4 Å². The molecule has 0 spiro atoms. The summed E-state index contributed by atoms with van der Waals surface area (Å²) in [6.07, 6.45) is 0.747. The van der Waals surface area contributed by atoms with Gasteiger partial charge >= 0.3 is 0 Å². The molecule has 2 nitrogen and oxygen atoms in total. The maximum Gasteiger partial charge on any atom is 0.150 e. The standard InChI is InChI=1S/C8H7BrO2/c1-5-2-6(4-10)3-7(9)8(5)11/h2-4,11H,1H3. The lowest BCUT2D eigenvalue weighted by atomic mass is 10.1. The molecule has 0 radical (unpaired) electrons. The van der Waals surface area contributed by atoms with E-state index in [1.165, 1.54) is 0 Å². The highest BCUT2D eigenvalue weighted by atomic mass is 79.9. The Bertz CT molecular complexity index is 271. The van der Waals surface area contributed by atoms with E-state index in [1.54, 1.807) is 19.1 Å². The average molecular weight is 215 g/mol. The van der Waals surface area contributed by atoms with Gasteiger partial charge in [-0.2, -0.15) is 0 Å². The lowest BCUT2D eigenvalue weighted by Gasteiger charge is -2.01. The number of phenols is 1. The third kappa shape index (κ3) is 1.60. The molecule has 0 aliphatic heterocycles. The van der Waals surface area contributed by atoms with Crippen molar-refractivity contribution in [3.63, 3.8) is 0 Å². The van der Waals surface area contributed by atoms with E-state index in [1.807, 2.05) is 0 Å². The van der Waals surface area contributed by atoms with Gasteiger partial charge in [-0.25, -0.2) is 0 Å². The maximum absolute atomic E-state index is 10.3. The van der Waals surface area contributed by atoms with E-state index >= 15 is 0 Å². The normalized spacial score (nSPS) is 9.64. The molecule has 0 bridgehead atoms.